The van der Waals surface area contributed by atoms with Gasteiger partial charge in [0.05, 0.1) is 23.5 Å². The minimum absolute atomic E-state index is 0.0837. The van der Waals surface area contributed by atoms with Crippen molar-refractivity contribution in [2.75, 3.05) is 6.79 Å². The van der Waals surface area contributed by atoms with Gasteiger partial charge in [-0.1, -0.05) is 6.07 Å². The first-order chi connectivity index (χ1) is 13.1. The number of ether oxygens (including phenoxy) is 2. The minimum atomic E-state index is -0.0837. The molecule has 0 radical (unpaired) electrons. The molecule has 0 N–H and O–H groups in total. The highest BCUT2D eigenvalue weighted by Gasteiger charge is 2.20. The fourth-order valence-electron chi connectivity index (χ4n) is 3.14. The lowest BCUT2D eigenvalue weighted by atomic mass is 10.1. The van der Waals surface area contributed by atoms with Gasteiger partial charge in [0.2, 0.25) is 6.79 Å². The zero-order chi connectivity index (χ0) is 18.8. The van der Waals surface area contributed by atoms with Crippen molar-refractivity contribution in [3.8, 4) is 11.5 Å². The summed E-state index contributed by atoms with van der Waals surface area (Å²) in [4.78, 5) is 19.0. The van der Waals surface area contributed by atoms with E-state index in [2.05, 4.69) is 10.1 Å². The van der Waals surface area contributed by atoms with Crippen molar-refractivity contribution in [1.82, 2.24) is 19.7 Å². The summed E-state index contributed by atoms with van der Waals surface area (Å²) >= 11 is 0. The van der Waals surface area contributed by atoms with E-state index in [0.717, 1.165) is 22.7 Å². The average molecular weight is 364 g/mol. The number of hydrogen-bond acceptors (Lipinski definition) is 5. The van der Waals surface area contributed by atoms with Crippen molar-refractivity contribution in [3.63, 3.8) is 0 Å². The van der Waals surface area contributed by atoms with E-state index in [0.29, 0.717) is 24.4 Å². The number of aryl methyl sites for hydroxylation is 2. The molecule has 7 heteroatoms. The molecule has 7 nitrogen and oxygen atoms in total. The predicted octanol–water partition coefficient (Wildman–Crippen LogP) is 2.69. The Morgan fingerprint density at radius 3 is 2.78 bits per heavy atom. The molecule has 0 saturated heterocycles. The van der Waals surface area contributed by atoms with E-state index in [1.165, 1.54) is 0 Å². The topological polar surface area (TPSA) is 69.5 Å². The molecular weight excluding hydrogens is 344 g/mol. The third-order valence-electron chi connectivity index (χ3n) is 4.46. The molecule has 0 spiro atoms. The van der Waals surface area contributed by atoms with Crippen molar-refractivity contribution in [2.45, 2.75) is 20.0 Å². The van der Waals surface area contributed by atoms with E-state index >= 15 is 0 Å². The highest BCUT2D eigenvalue weighted by molar-refractivity contribution is 5.93. The van der Waals surface area contributed by atoms with Gasteiger partial charge in [0.25, 0.3) is 5.91 Å². The molecule has 0 saturated carbocycles. The molecular formula is C20H20N4O3. The molecule has 1 amide bonds. The van der Waals surface area contributed by atoms with Gasteiger partial charge in [-0.3, -0.25) is 14.5 Å². The van der Waals surface area contributed by atoms with E-state index in [4.69, 9.17) is 9.47 Å². The van der Waals surface area contributed by atoms with Crippen LogP contribution in [0, 0.1) is 6.92 Å². The number of aromatic nitrogens is 3. The smallest absolute Gasteiger partial charge is 0.256 e. The van der Waals surface area contributed by atoms with Crippen LogP contribution in [-0.2, 0) is 20.1 Å². The lowest BCUT2D eigenvalue weighted by Crippen LogP contribution is -2.31. The van der Waals surface area contributed by atoms with Crippen LogP contribution in [-0.4, -0.2) is 32.4 Å². The van der Waals surface area contributed by atoms with Crippen molar-refractivity contribution in [1.29, 1.82) is 0 Å². The second-order valence-electron chi connectivity index (χ2n) is 6.49. The average Bonchev–Trinajstić information content (AvgIpc) is 3.26. The van der Waals surface area contributed by atoms with Crippen LogP contribution in [0.15, 0.2) is 48.8 Å². The summed E-state index contributed by atoms with van der Waals surface area (Å²) in [6.07, 6.45) is 3.24. The number of amides is 1. The summed E-state index contributed by atoms with van der Waals surface area (Å²) < 4.78 is 12.6. The maximum absolute atomic E-state index is 13.1. The summed E-state index contributed by atoms with van der Waals surface area (Å²) in [5, 5.41) is 4.38. The van der Waals surface area contributed by atoms with Crippen LogP contribution in [0.1, 0.15) is 27.3 Å². The molecule has 0 bridgehead atoms. The van der Waals surface area contributed by atoms with E-state index in [9.17, 15) is 4.79 Å². The maximum atomic E-state index is 13.1. The lowest BCUT2D eigenvalue weighted by molar-refractivity contribution is 0.0725. The Morgan fingerprint density at radius 2 is 2.04 bits per heavy atom. The summed E-state index contributed by atoms with van der Waals surface area (Å²) in [6.45, 7) is 3.05. The van der Waals surface area contributed by atoms with Gasteiger partial charge in [0.15, 0.2) is 11.5 Å². The molecule has 3 aromatic rings. The molecule has 0 atom stereocenters. The molecule has 0 unspecified atom stereocenters. The number of carbonyl (C=O) groups is 1. The van der Waals surface area contributed by atoms with Gasteiger partial charge in [-0.25, -0.2) is 0 Å². The minimum Gasteiger partial charge on any atom is -0.454 e. The second-order valence-corrected chi connectivity index (χ2v) is 6.49. The number of nitrogens with zero attached hydrogens (tertiary/aromatic N) is 4. The van der Waals surface area contributed by atoms with E-state index in [-0.39, 0.29) is 12.7 Å². The predicted molar refractivity (Wildman–Crippen MR) is 98.3 cm³/mol. The third-order valence-corrected chi connectivity index (χ3v) is 4.46. The first-order valence-corrected chi connectivity index (χ1v) is 8.67. The van der Waals surface area contributed by atoms with Crippen molar-refractivity contribution >= 4 is 5.91 Å². The van der Waals surface area contributed by atoms with Crippen LogP contribution < -0.4 is 9.47 Å². The number of fused-ring (bicyclic) bond motifs is 1. The fourth-order valence-corrected chi connectivity index (χ4v) is 3.14. The Balaban J connectivity index is 1.63. The molecule has 0 fully saturated rings. The lowest BCUT2D eigenvalue weighted by Gasteiger charge is -2.23. The Morgan fingerprint density at radius 1 is 1.19 bits per heavy atom. The zero-order valence-corrected chi connectivity index (χ0v) is 15.3. The number of carbonyl (C=O) groups excluding carboxylic acids is 1. The summed E-state index contributed by atoms with van der Waals surface area (Å²) in [6, 6.07) is 11.3. The van der Waals surface area contributed by atoms with Crippen LogP contribution in [0.4, 0.5) is 0 Å². The number of rotatable bonds is 5. The molecule has 1 aromatic carbocycles. The van der Waals surface area contributed by atoms with Crippen LogP contribution in [0.5, 0.6) is 11.5 Å². The summed E-state index contributed by atoms with van der Waals surface area (Å²) in [7, 11) is 1.88. The van der Waals surface area contributed by atoms with E-state index in [1.807, 2.05) is 38.2 Å². The number of hydrogen-bond donors (Lipinski definition) is 0. The first-order valence-electron chi connectivity index (χ1n) is 8.67. The van der Waals surface area contributed by atoms with Gasteiger partial charge in [-0.15, -0.1) is 0 Å². The van der Waals surface area contributed by atoms with Crippen molar-refractivity contribution in [2.24, 2.45) is 7.05 Å². The largest absolute Gasteiger partial charge is 0.454 e. The standard InChI is InChI=1S/C20H20N4O3/c1-14-8-17(23(2)22-14)12-24(20(25)16-4-3-7-21-10-16)11-15-5-6-18-19(9-15)27-13-26-18/h3-10H,11-13H2,1-2H3. The van der Waals surface area contributed by atoms with Gasteiger partial charge in [0.1, 0.15) is 0 Å². The molecule has 27 heavy (non-hydrogen) atoms. The SMILES string of the molecule is Cc1cc(CN(Cc2ccc3c(c2)OCO3)C(=O)c2cccnc2)n(C)n1. The Labute approximate surface area is 157 Å². The van der Waals surface area contributed by atoms with Gasteiger partial charge in [-0.2, -0.15) is 5.10 Å². The molecule has 2 aromatic heterocycles. The first kappa shape index (κ1) is 17.1. The molecule has 3 heterocycles. The monoisotopic (exact) mass is 364 g/mol. The van der Waals surface area contributed by atoms with Crippen LogP contribution in [0.25, 0.3) is 0 Å². The van der Waals surface area contributed by atoms with Crippen LogP contribution in [0.2, 0.25) is 0 Å². The van der Waals surface area contributed by atoms with Crippen molar-refractivity contribution in [3.05, 3.63) is 71.3 Å². The normalized spacial score (nSPS) is 12.2. The maximum Gasteiger partial charge on any atom is 0.256 e. The molecule has 0 aliphatic carbocycles. The summed E-state index contributed by atoms with van der Waals surface area (Å²) in [5.74, 6) is 1.35. The Bertz CT molecular complexity index is 969. The second kappa shape index (κ2) is 7.11. The molecule has 1 aliphatic heterocycles. The van der Waals surface area contributed by atoms with E-state index in [1.54, 1.807) is 34.1 Å². The highest BCUT2D eigenvalue weighted by Crippen LogP contribution is 2.33. The van der Waals surface area contributed by atoms with Gasteiger partial charge in [-0.05, 0) is 42.8 Å². The van der Waals surface area contributed by atoms with Gasteiger partial charge in [0, 0.05) is 26.0 Å². The molecule has 138 valence electrons. The Kier molecular flexibility index (Phi) is 4.50. The van der Waals surface area contributed by atoms with Gasteiger partial charge < -0.3 is 14.4 Å². The quantitative estimate of drug-likeness (QED) is 0.696. The fraction of sp³-hybridized carbons (Fsp3) is 0.250. The highest BCUT2D eigenvalue weighted by atomic mass is 16.7. The Hall–Kier alpha value is -3.35. The number of pyridine rings is 1. The third kappa shape index (κ3) is 3.62. The van der Waals surface area contributed by atoms with Crippen LogP contribution >= 0.6 is 0 Å². The van der Waals surface area contributed by atoms with Crippen molar-refractivity contribution < 1.29 is 14.3 Å². The molecule has 1 aliphatic rings. The summed E-state index contributed by atoms with van der Waals surface area (Å²) in [5.41, 5.74) is 3.40. The zero-order valence-electron chi connectivity index (χ0n) is 15.3. The van der Waals surface area contributed by atoms with E-state index < -0.39 is 0 Å². The van der Waals surface area contributed by atoms with Gasteiger partial charge >= 0.3 is 0 Å². The molecule has 4 rings (SSSR count). The number of benzene rings is 1. The van der Waals surface area contributed by atoms with Crippen LogP contribution in [0.3, 0.4) is 0 Å².